The minimum Gasteiger partial charge on any atom is -0.0623 e. The van der Waals surface area contributed by atoms with Crippen molar-refractivity contribution in [3.63, 3.8) is 0 Å². The second-order valence-corrected chi connectivity index (χ2v) is 12.3. The lowest BCUT2D eigenvalue weighted by Gasteiger charge is -2.35. The van der Waals surface area contributed by atoms with E-state index < -0.39 is 26.2 Å². The standard InChI is InChI=1S/C31H32Si/c1-25-22-27(26-14-6-2-7-15-26)24-31(23-25)32(28-16-8-3-9-17-28,29-18-10-4-11-19-29)30-20-12-5-13-21-30/h3-5,8-13,16-24,26H,2,6-7,14-15H2,1H3/i3D,8D,9D,16D,17D,22D,23D,24D. The van der Waals surface area contributed by atoms with Gasteiger partial charge in [0.25, 0.3) is 0 Å². The summed E-state index contributed by atoms with van der Waals surface area (Å²) in [5.74, 6) is 0.0186. The first-order valence-corrected chi connectivity index (χ1v) is 13.4. The van der Waals surface area contributed by atoms with E-state index in [2.05, 4.69) is 0 Å². The van der Waals surface area contributed by atoms with E-state index in [4.69, 9.17) is 8.22 Å². The normalized spacial score (nSPS) is 18.4. The maximum atomic E-state index is 9.70. The van der Waals surface area contributed by atoms with Gasteiger partial charge in [-0.3, -0.25) is 0 Å². The Bertz CT molecular complexity index is 1500. The topological polar surface area (TPSA) is 0 Å². The minimum atomic E-state index is -3.87. The third kappa shape index (κ3) is 3.87. The molecule has 4 aromatic rings. The molecule has 4 aromatic carbocycles. The van der Waals surface area contributed by atoms with Crippen molar-refractivity contribution in [2.24, 2.45) is 0 Å². The summed E-state index contributed by atoms with van der Waals surface area (Å²) in [5, 5.41) is 1.99. The van der Waals surface area contributed by atoms with Gasteiger partial charge in [-0.25, -0.2) is 0 Å². The van der Waals surface area contributed by atoms with Crippen LogP contribution in [-0.4, -0.2) is 8.07 Å². The summed E-state index contributed by atoms with van der Waals surface area (Å²) >= 11 is 0. The summed E-state index contributed by atoms with van der Waals surface area (Å²) in [6.45, 7) is 1.75. The van der Waals surface area contributed by atoms with Crippen LogP contribution in [0.1, 0.15) is 60.1 Å². The monoisotopic (exact) mass is 440 g/mol. The third-order valence-electron chi connectivity index (χ3n) is 6.57. The van der Waals surface area contributed by atoms with Gasteiger partial charge in [-0.2, -0.15) is 0 Å². The van der Waals surface area contributed by atoms with Crippen molar-refractivity contribution >= 4 is 28.8 Å². The maximum absolute atomic E-state index is 9.70. The Hall–Kier alpha value is -2.90. The fraction of sp³-hybridized carbons (Fsp3) is 0.226. The van der Waals surface area contributed by atoms with Crippen LogP contribution in [0, 0.1) is 6.92 Å². The van der Waals surface area contributed by atoms with Crippen LogP contribution in [0.4, 0.5) is 0 Å². The van der Waals surface area contributed by atoms with Gasteiger partial charge in [0.1, 0.15) is 0 Å². The minimum absolute atomic E-state index is 0.0186. The molecule has 1 aliphatic rings. The van der Waals surface area contributed by atoms with Crippen molar-refractivity contribution in [3.05, 3.63) is 120 Å². The molecule has 0 unspecified atom stereocenters. The van der Waals surface area contributed by atoms with E-state index in [1.165, 1.54) is 0 Å². The van der Waals surface area contributed by atoms with E-state index >= 15 is 0 Å². The van der Waals surface area contributed by atoms with Crippen LogP contribution >= 0.6 is 0 Å². The van der Waals surface area contributed by atoms with Crippen LogP contribution < -0.4 is 20.7 Å². The van der Waals surface area contributed by atoms with Crippen LogP contribution in [0.2, 0.25) is 0 Å². The highest BCUT2D eigenvalue weighted by Crippen LogP contribution is 2.32. The number of benzene rings is 4. The summed E-state index contributed by atoms with van der Waals surface area (Å²) in [4.78, 5) is 0. The van der Waals surface area contributed by atoms with E-state index in [0.717, 1.165) is 42.5 Å². The number of hydrogen-bond donors (Lipinski definition) is 0. The highest BCUT2D eigenvalue weighted by Gasteiger charge is 2.41. The average molecular weight is 441 g/mol. The van der Waals surface area contributed by atoms with Crippen LogP contribution in [0.25, 0.3) is 0 Å². The van der Waals surface area contributed by atoms with E-state index in [1.807, 2.05) is 60.7 Å². The van der Waals surface area contributed by atoms with Crippen molar-refractivity contribution < 1.29 is 11.0 Å². The molecule has 0 aromatic heterocycles. The van der Waals surface area contributed by atoms with Gasteiger partial charge >= 0.3 is 0 Å². The van der Waals surface area contributed by atoms with Crippen LogP contribution in [0.5, 0.6) is 0 Å². The molecule has 1 fully saturated rings. The third-order valence-corrected chi connectivity index (χ3v) is 11.0. The molecule has 0 bridgehead atoms. The fourth-order valence-corrected chi connectivity index (χ4v) is 9.40. The van der Waals surface area contributed by atoms with Crippen LogP contribution in [0.15, 0.2) is 109 Å². The summed E-state index contributed by atoms with van der Waals surface area (Å²) in [6.07, 6.45) is 4.89. The smallest absolute Gasteiger partial charge is 0.0623 e. The molecule has 0 heterocycles. The van der Waals surface area contributed by atoms with Crippen LogP contribution in [-0.2, 0) is 0 Å². The van der Waals surface area contributed by atoms with Crippen molar-refractivity contribution in [1.29, 1.82) is 0 Å². The molecule has 5 rings (SSSR count). The molecule has 1 aliphatic carbocycles. The van der Waals surface area contributed by atoms with Gasteiger partial charge in [0, 0.05) is 0 Å². The van der Waals surface area contributed by atoms with E-state index in [0.29, 0.717) is 16.3 Å². The quantitative estimate of drug-likeness (QED) is 0.287. The molecule has 0 nitrogen and oxygen atoms in total. The second kappa shape index (κ2) is 9.30. The number of hydrogen-bond acceptors (Lipinski definition) is 0. The zero-order valence-electron chi connectivity index (χ0n) is 26.4. The van der Waals surface area contributed by atoms with Crippen molar-refractivity contribution in [1.82, 2.24) is 0 Å². The van der Waals surface area contributed by atoms with Crippen LogP contribution in [0.3, 0.4) is 0 Å². The van der Waals surface area contributed by atoms with Crippen molar-refractivity contribution in [3.8, 4) is 0 Å². The first-order valence-electron chi connectivity index (χ1n) is 15.4. The fourth-order valence-electron chi connectivity index (χ4n) is 5.08. The lowest BCUT2D eigenvalue weighted by Crippen LogP contribution is -2.74. The second-order valence-electron chi connectivity index (χ2n) is 8.61. The Morgan fingerprint density at radius 2 is 1.25 bits per heavy atom. The molecule has 0 atom stereocenters. The lowest BCUT2D eigenvalue weighted by atomic mass is 9.84. The summed E-state index contributed by atoms with van der Waals surface area (Å²) in [7, 11) is -3.87. The molecule has 1 heteroatoms. The molecule has 0 aliphatic heterocycles. The van der Waals surface area contributed by atoms with E-state index in [9.17, 15) is 2.74 Å². The molecule has 0 saturated heterocycles. The molecule has 1 saturated carbocycles. The van der Waals surface area contributed by atoms with Gasteiger partial charge in [-0.15, -0.1) is 0 Å². The molecular weight excluding hydrogens is 400 g/mol. The van der Waals surface area contributed by atoms with Crippen molar-refractivity contribution in [2.75, 3.05) is 0 Å². The van der Waals surface area contributed by atoms with Gasteiger partial charge in [-0.1, -0.05) is 134 Å². The molecule has 0 spiro atoms. The predicted molar refractivity (Wildman–Crippen MR) is 141 cm³/mol. The molecule has 0 N–H and O–H groups in total. The van der Waals surface area contributed by atoms with Gasteiger partial charge in [0.05, 0.1) is 11.0 Å². The van der Waals surface area contributed by atoms with Gasteiger partial charge in [0.2, 0.25) is 0 Å². The Morgan fingerprint density at radius 1 is 0.656 bits per heavy atom. The van der Waals surface area contributed by atoms with Gasteiger partial charge in [0.15, 0.2) is 8.07 Å². The zero-order chi connectivity index (χ0) is 28.8. The average Bonchev–Trinajstić information content (AvgIpc) is 2.98. The molecule has 160 valence electrons. The Morgan fingerprint density at radius 3 is 1.84 bits per heavy atom. The van der Waals surface area contributed by atoms with Gasteiger partial charge < -0.3 is 0 Å². The van der Waals surface area contributed by atoms with E-state index in [1.54, 1.807) is 6.92 Å². The molecular formula is C31H32Si. The largest absolute Gasteiger partial charge is 0.179 e. The first-order chi connectivity index (χ1) is 19.1. The molecule has 0 amide bonds. The van der Waals surface area contributed by atoms with Crippen molar-refractivity contribution in [2.45, 2.75) is 44.9 Å². The predicted octanol–water partition coefficient (Wildman–Crippen LogP) is 5.42. The SMILES string of the molecule is [2H]c1c([2H])c([2H])c([Si](c2ccccc2)(c2ccccc2)c2c([2H])c(C)c([2H])c(C3CCCCC3)c2[2H])c([2H])c1[2H]. The molecule has 0 radical (unpaired) electrons. The summed E-state index contributed by atoms with van der Waals surface area (Å²) < 4.78 is 71.9. The lowest BCUT2D eigenvalue weighted by molar-refractivity contribution is 0.443. The van der Waals surface area contributed by atoms with E-state index in [-0.39, 0.29) is 41.3 Å². The Labute approximate surface area is 205 Å². The van der Waals surface area contributed by atoms with Gasteiger partial charge in [-0.05, 0) is 52.0 Å². The summed E-state index contributed by atoms with van der Waals surface area (Å²) in [6, 6.07) is 17.1. The maximum Gasteiger partial charge on any atom is 0.179 e. The molecule has 32 heavy (non-hydrogen) atoms. The highest BCUT2D eigenvalue weighted by molar-refractivity contribution is 7.19. The summed E-state index contributed by atoms with van der Waals surface area (Å²) in [5.41, 5.74) is 1.09. The number of rotatable bonds is 5. The highest BCUT2D eigenvalue weighted by atomic mass is 28.3. The Balaban J connectivity index is 2.06. The first kappa shape index (κ1) is 13.6. The zero-order valence-corrected chi connectivity index (χ0v) is 19.4. The Kier molecular flexibility index (Phi) is 3.95.